The lowest BCUT2D eigenvalue weighted by molar-refractivity contribution is -0.116. The molecule has 0 aliphatic rings. The molecule has 0 aliphatic heterocycles. The third-order valence-corrected chi connectivity index (χ3v) is 3.15. The lowest BCUT2D eigenvalue weighted by atomic mass is 10.1. The molecule has 0 unspecified atom stereocenters. The first-order valence-corrected chi connectivity index (χ1v) is 6.95. The zero-order chi connectivity index (χ0) is 13.4. The van der Waals surface area contributed by atoms with E-state index in [-0.39, 0.29) is 10.9 Å². The summed E-state index contributed by atoms with van der Waals surface area (Å²) in [6.45, 7) is 3.18. The Morgan fingerprint density at radius 2 is 2.06 bits per heavy atom. The van der Waals surface area contributed by atoms with E-state index in [1.165, 1.54) is 11.8 Å². The number of Topliss-reactive ketones (excluding diaryl/α,β-unsaturated/α-hetero) is 1. The van der Waals surface area contributed by atoms with Gasteiger partial charge in [0, 0.05) is 19.1 Å². The molecule has 0 atom stereocenters. The first-order valence-electron chi connectivity index (χ1n) is 5.96. The molecule has 0 saturated carbocycles. The minimum Gasteiger partial charge on any atom is -0.300 e. The molecule has 18 heavy (non-hydrogen) atoms. The Morgan fingerprint density at radius 1 is 1.28 bits per heavy atom. The Balaban J connectivity index is 2.48. The van der Waals surface area contributed by atoms with E-state index in [0.29, 0.717) is 6.42 Å². The van der Waals surface area contributed by atoms with Gasteiger partial charge in [0.15, 0.2) is 5.12 Å². The number of hydrogen-bond acceptors (Lipinski definition) is 3. The first-order chi connectivity index (χ1) is 8.58. The summed E-state index contributed by atoms with van der Waals surface area (Å²) >= 11 is 1.34. The monoisotopic (exact) mass is 262 g/mol. The minimum absolute atomic E-state index is 0.159. The van der Waals surface area contributed by atoms with Crippen LogP contribution in [0.25, 0.3) is 6.08 Å². The summed E-state index contributed by atoms with van der Waals surface area (Å²) in [5.74, 6) is 0.993. The molecule has 1 aromatic rings. The number of allylic oxidation sites excluding steroid dienone is 1. The third kappa shape index (κ3) is 6.40. The van der Waals surface area contributed by atoms with Crippen LogP contribution in [0.15, 0.2) is 30.3 Å². The van der Waals surface area contributed by atoms with Crippen molar-refractivity contribution in [3.8, 4) is 0 Å². The van der Waals surface area contributed by atoms with Crippen LogP contribution >= 0.6 is 11.8 Å². The van der Waals surface area contributed by atoms with Crippen molar-refractivity contribution in [2.24, 2.45) is 0 Å². The van der Waals surface area contributed by atoms with Gasteiger partial charge in [0.2, 0.25) is 0 Å². The molecule has 0 spiro atoms. The second kappa shape index (κ2) is 7.88. The Kier molecular flexibility index (Phi) is 6.44. The fourth-order valence-electron chi connectivity index (χ4n) is 1.58. The highest BCUT2D eigenvalue weighted by Crippen LogP contribution is 2.10. The van der Waals surface area contributed by atoms with Gasteiger partial charge in [-0.2, -0.15) is 0 Å². The van der Waals surface area contributed by atoms with Crippen LogP contribution in [0.1, 0.15) is 31.4 Å². The third-order valence-electron chi connectivity index (χ3n) is 2.30. The largest absolute Gasteiger partial charge is 0.300 e. The molecule has 0 bridgehead atoms. The van der Waals surface area contributed by atoms with E-state index in [2.05, 4.69) is 6.08 Å². The summed E-state index contributed by atoms with van der Waals surface area (Å²) in [7, 11) is 0. The van der Waals surface area contributed by atoms with Crippen molar-refractivity contribution in [3.05, 3.63) is 41.5 Å². The van der Waals surface area contributed by atoms with Crippen LogP contribution in [-0.4, -0.2) is 16.7 Å². The molecule has 0 fully saturated rings. The number of benzene rings is 1. The molecular weight excluding hydrogens is 244 g/mol. The van der Waals surface area contributed by atoms with Crippen molar-refractivity contribution in [1.82, 2.24) is 0 Å². The van der Waals surface area contributed by atoms with Crippen LogP contribution in [0.2, 0.25) is 0 Å². The average Bonchev–Trinajstić information content (AvgIpc) is 2.27. The second-order valence-corrected chi connectivity index (χ2v) is 5.43. The smallest absolute Gasteiger partial charge is 0.185 e. The van der Waals surface area contributed by atoms with Gasteiger partial charge in [-0.3, -0.25) is 9.59 Å². The predicted molar refractivity (Wildman–Crippen MR) is 77.6 cm³/mol. The van der Waals surface area contributed by atoms with Gasteiger partial charge in [0.05, 0.1) is 0 Å². The summed E-state index contributed by atoms with van der Waals surface area (Å²) in [5, 5.41) is 0.159. The number of rotatable bonds is 6. The predicted octanol–water partition coefficient (Wildman–Crippen LogP) is 3.50. The highest BCUT2D eigenvalue weighted by molar-refractivity contribution is 8.13. The summed E-state index contributed by atoms with van der Waals surface area (Å²) in [5.41, 5.74) is 2.14. The Labute approximate surface area is 112 Å². The molecule has 3 heteroatoms. The van der Waals surface area contributed by atoms with Gasteiger partial charge in [0.25, 0.3) is 0 Å². The van der Waals surface area contributed by atoms with Gasteiger partial charge in [-0.1, -0.05) is 48.2 Å². The van der Waals surface area contributed by atoms with Crippen molar-refractivity contribution >= 4 is 28.7 Å². The maximum Gasteiger partial charge on any atom is 0.185 e. The molecule has 0 saturated heterocycles. The van der Waals surface area contributed by atoms with E-state index in [4.69, 9.17) is 0 Å². The van der Waals surface area contributed by atoms with Crippen molar-refractivity contribution < 1.29 is 9.59 Å². The molecule has 2 nitrogen and oxygen atoms in total. The molecule has 0 amide bonds. The van der Waals surface area contributed by atoms with Gasteiger partial charge >= 0.3 is 0 Å². The minimum atomic E-state index is 0.159. The fraction of sp³-hybridized carbons (Fsp3) is 0.333. The molecular formula is C15H18O2S. The van der Waals surface area contributed by atoms with Gasteiger partial charge in [-0.05, 0) is 24.5 Å². The molecule has 0 N–H and O–H groups in total. The number of carbonyl (C=O) groups is 2. The van der Waals surface area contributed by atoms with Crippen LogP contribution in [0.5, 0.6) is 0 Å². The van der Waals surface area contributed by atoms with E-state index in [0.717, 1.165) is 23.3 Å². The Morgan fingerprint density at radius 3 is 2.72 bits per heavy atom. The van der Waals surface area contributed by atoms with Crippen LogP contribution in [-0.2, 0) is 16.0 Å². The van der Waals surface area contributed by atoms with Gasteiger partial charge in [-0.25, -0.2) is 0 Å². The quantitative estimate of drug-likeness (QED) is 0.736. The Bertz CT molecular complexity index is 450. The molecule has 0 heterocycles. The van der Waals surface area contributed by atoms with Crippen LogP contribution in [0.4, 0.5) is 0 Å². The number of thioether (sulfide) groups is 1. The van der Waals surface area contributed by atoms with E-state index >= 15 is 0 Å². The van der Waals surface area contributed by atoms with E-state index in [1.54, 1.807) is 13.8 Å². The Hall–Kier alpha value is -1.35. The molecule has 1 rings (SSSR count). The normalized spacial score (nSPS) is 10.8. The van der Waals surface area contributed by atoms with Crippen molar-refractivity contribution in [1.29, 1.82) is 0 Å². The van der Waals surface area contributed by atoms with E-state index in [1.807, 2.05) is 30.3 Å². The second-order valence-electron chi connectivity index (χ2n) is 4.15. The summed E-state index contributed by atoms with van der Waals surface area (Å²) < 4.78 is 0. The zero-order valence-electron chi connectivity index (χ0n) is 10.8. The maximum atomic E-state index is 11.0. The SMILES string of the molecule is CC(=O)Cc1cccc(C=CCCSC(C)=O)c1. The first kappa shape index (κ1) is 14.7. The van der Waals surface area contributed by atoms with Crippen LogP contribution in [0, 0.1) is 0 Å². The molecule has 0 radical (unpaired) electrons. The molecule has 1 aromatic carbocycles. The van der Waals surface area contributed by atoms with E-state index in [9.17, 15) is 9.59 Å². The van der Waals surface area contributed by atoms with Gasteiger partial charge < -0.3 is 0 Å². The summed E-state index contributed by atoms with van der Waals surface area (Å²) in [6.07, 6.45) is 5.45. The average molecular weight is 262 g/mol. The number of carbonyl (C=O) groups excluding carboxylic acids is 2. The molecule has 0 aliphatic carbocycles. The number of ketones is 1. The van der Waals surface area contributed by atoms with Crippen LogP contribution in [0.3, 0.4) is 0 Å². The van der Waals surface area contributed by atoms with Gasteiger partial charge in [-0.15, -0.1) is 0 Å². The maximum absolute atomic E-state index is 11.0. The topological polar surface area (TPSA) is 34.1 Å². The zero-order valence-corrected chi connectivity index (χ0v) is 11.6. The molecule has 0 aromatic heterocycles. The van der Waals surface area contributed by atoms with Crippen molar-refractivity contribution in [2.75, 3.05) is 5.75 Å². The lowest BCUT2D eigenvalue weighted by Crippen LogP contribution is -1.95. The highest BCUT2D eigenvalue weighted by Gasteiger charge is 1.97. The molecule has 96 valence electrons. The highest BCUT2D eigenvalue weighted by atomic mass is 32.2. The lowest BCUT2D eigenvalue weighted by Gasteiger charge is -1.99. The van der Waals surface area contributed by atoms with Crippen molar-refractivity contribution in [2.45, 2.75) is 26.7 Å². The fourth-order valence-corrected chi connectivity index (χ4v) is 2.13. The summed E-state index contributed by atoms with van der Waals surface area (Å²) in [4.78, 5) is 21.8. The van der Waals surface area contributed by atoms with Crippen LogP contribution < -0.4 is 0 Å². The standard InChI is InChI=1S/C15H18O2S/c1-12(16)10-15-8-5-7-14(11-15)6-3-4-9-18-13(2)17/h3,5-8,11H,4,9-10H2,1-2H3. The van der Waals surface area contributed by atoms with Gasteiger partial charge in [0.1, 0.15) is 5.78 Å². The van der Waals surface area contributed by atoms with E-state index < -0.39 is 0 Å². The summed E-state index contributed by atoms with van der Waals surface area (Å²) in [6, 6.07) is 7.96. The number of hydrogen-bond donors (Lipinski definition) is 0. The van der Waals surface area contributed by atoms with Crippen molar-refractivity contribution in [3.63, 3.8) is 0 Å².